The summed E-state index contributed by atoms with van der Waals surface area (Å²) in [5.41, 5.74) is 0.366. The van der Waals surface area contributed by atoms with Gasteiger partial charge >= 0.3 is 0 Å². The van der Waals surface area contributed by atoms with Gasteiger partial charge in [-0.15, -0.1) is 0 Å². The van der Waals surface area contributed by atoms with Crippen LogP contribution in [0.5, 0.6) is 0 Å². The quantitative estimate of drug-likeness (QED) is 0.411. The molecule has 0 atom stereocenters. The number of carbonyl (C=O) groups excluding carboxylic acids is 1. The number of hydrogen-bond acceptors (Lipinski definition) is 4. The van der Waals surface area contributed by atoms with Gasteiger partial charge < -0.3 is 0 Å². The average Bonchev–Trinajstić information content (AvgIpc) is 2.99. The second-order valence-corrected chi connectivity index (χ2v) is 11.5. The van der Waals surface area contributed by atoms with Gasteiger partial charge in [-0.05, 0) is 38.3 Å². The Morgan fingerprint density at radius 3 is 2.10 bits per heavy atom. The second kappa shape index (κ2) is 10.3. The summed E-state index contributed by atoms with van der Waals surface area (Å²) >= 11 is 12.5. The Labute approximate surface area is 190 Å². The maximum Gasteiger partial charge on any atom is 0.213 e. The zero-order valence-corrected chi connectivity index (χ0v) is 20.0. The molecule has 2 fully saturated rings. The van der Waals surface area contributed by atoms with E-state index in [1.807, 2.05) is 0 Å². The normalized spacial score (nSPS) is 21.3. The van der Waals surface area contributed by atoms with Crippen molar-refractivity contribution in [2.75, 3.05) is 31.9 Å². The second-order valence-electron chi connectivity index (χ2n) is 8.45. The fraction of sp³-hybridized carbons (Fsp3) is 0.682. The third kappa shape index (κ3) is 5.39. The smallest absolute Gasteiger partial charge is 0.213 e. The van der Waals surface area contributed by atoms with Crippen molar-refractivity contribution < 1.29 is 13.2 Å². The number of ketones is 1. The van der Waals surface area contributed by atoms with E-state index in [2.05, 4.69) is 4.90 Å². The first-order valence-corrected chi connectivity index (χ1v) is 13.4. The first-order valence-electron chi connectivity index (χ1n) is 11.0. The summed E-state index contributed by atoms with van der Waals surface area (Å²) in [6, 6.07) is 5.16. The number of carbonyl (C=O) groups is 1. The van der Waals surface area contributed by atoms with Gasteiger partial charge in [0.1, 0.15) is 0 Å². The van der Waals surface area contributed by atoms with Gasteiger partial charge in [0.25, 0.3) is 0 Å². The van der Waals surface area contributed by atoms with Gasteiger partial charge in [-0.2, -0.15) is 4.31 Å². The van der Waals surface area contributed by atoms with Crippen molar-refractivity contribution in [2.24, 2.45) is 0 Å². The minimum Gasteiger partial charge on any atom is -0.295 e. The van der Waals surface area contributed by atoms with E-state index in [-0.39, 0.29) is 17.1 Å². The highest BCUT2D eigenvalue weighted by molar-refractivity contribution is 7.89. The van der Waals surface area contributed by atoms with Crippen LogP contribution in [0.25, 0.3) is 0 Å². The van der Waals surface area contributed by atoms with Crippen molar-refractivity contribution in [3.8, 4) is 0 Å². The van der Waals surface area contributed by atoms with Crippen molar-refractivity contribution in [1.82, 2.24) is 9.21 Å². The molecule has 1 saturated heterocycles. The van der Waals surface area contributed by atoms with E-state index < -0.39 is 10.0 Å². The van der Waals surface area contributed by atoms with Gasteiger partial charge in [-0.3, -0.25) is 9.69 Å². The summed E-state index contributed by atoms with van der Waals surface area (Å²) in [6.45, 7) is 4.20. The van der Waals surface area contributed by atoms with Crippen LogP contribution in [0.2, 0.25) is 10.0 Å². The molecule has 1 aromatic carbocycles. The van der Waals surface area contributed by atoms with Crippen molar-refractivity contribution in [3.05, 3.63) is 33.8 Å². The number of hydrogen-bond donors (Lipinski definition) is 0. The molecule has 3 rings (SSSR count). The molecule has 1 aliphatic carbocycles. The van der Waals surface area contributed by atoms with E-state index in [4.69, 9.17) is 23.2 Å². The number of piperazine rings is 1. The highest BCUT2D eigenvalue weighted by Gasteiger charge is 2.40. The van der Waals surface area contributed by atoms with Crippen molar-refractivity contribution in [3.63, 3.8) is 0 Å². The van der Waals surface area contributed by atoms with Gasteiger partial charge in [0.2, 0.25) is 10.0 Å². The van der Waals surface area contributed by atoms with Crippen LogP contribution >= 0.6 is 23.2 Å². The highest BCUT2D eigenvalue weighted by Crippen LogP contribution is 2.38. The molecule has 0 bridgehead atoms. The molecule has 1 heterocycles. The largest absolute Gasteiger partial charge is 0.295 e. The van der Waals surface area contributed by atoms with Gasteiger partial charge in [-0.25, -0.2) is 8.42 Å². The lowest BCUT2D eigenvalue weighted by molar-refractivity contribution is 0.0320. The van der Waals surface area contributed by atoms with Crippen LogP contribution < -0.4 is 0 Å². The molecule has 0 radical (unpaired) electrons. The van der Waals surface area contributed by atoms with E-state index in [1.165, 1.54) is 12.8 Å². The van der Waals surface area contributed by atoms with Gasteiger partial charge in [0.05, 0.1) is 21.4 Å². The molecule has 0 aromatic heterocycles. The monoisotopic (exact) mass is 474 g/mol. The van der Waals surface area contributed by atoms with Crippen LogP contribution in [-0.4, -0.2) is 60.9 Å². The van der Waals surface area contributed by atoms with E-state index in [0.29, 0.717) is 35.1 Å². The van der Waals surface area contributed by atoms with Crippen molar-refractivity contribution >= 4 is 39.0 Å². The summed E-state index contributed by atoms with van der Waals surface area (Å²) in [5.74, 6) is 0.132. The molecule has 0 unspecified atom stereocenters. The number of sulfonamides is 1. The minimum absolute atomic E-state index is 0.0126. The Morgan fingerprint density at radius 2 is 1.57 bits per heavy atom. The summed E-state index contributed by atoms with van der Waals surface area (Å²) in [6.07, 6.45) is 7.99. The van der Waals surface area contributed by atoms with Crippen LogP contribution in [0.3, 0.4) is 0 Å². The zero-order valence-electron chi connectivity index (χ0n) is 17.7. The zero-order chi connectivity index (χ0) is 21.8. The van der Waals surface area contributed by atoms with Crippen LogP contribution in [-0.2, 0) is 10.0 Å². The molecule has 1 aliphatic heterocycles. The predicted octanol–water partition coefficient (Wildman–Crippen LogP) is 5.02. The molecule has 0 amide bonds. The Bertz CT molecular complexity index is 824. The molecule has 30 heavy (non-hydrogen) atoms. The Kier molecular flexibility index (Phi) is 8.24. The van der Waals surface area contributed by atoms with Crippen molar-refractivity contribution in [1.29, 1.82) is 0 Å². The van der Waals surface area contributed by atoms with Gasteiger partial charge in [-0.1, -0.05) is 55.0 Å². The van der Waals surface area contributed by atoms with E-state index >= 15 is 0 Å². The van der Waals surface area contributed by atoms with Crippen LogP contribution in [0, 0.1) is 0 Å². The standard InChI is InChI=1S/C22H32Cl2N2O3S/c1-2-30(28,29)26-16-14-25(15-17-26)22(11-5-3-4-6-12-22)13-10-20(27)21-18(23)8-7-9-19(21)24/h7-9H,2-6,10-17H2,1H3. The average molecular weight is 475 g/mol. The third-order valence-corrected chi connectivity index (χ3v) is 9.27. The summed E-state index contributed by atoms with van der Waals surface area (Å²) < 4.78 is 26.1. The Hall–Kier alpha value is -0.660. The number of Topliss-reactive ketones (excluding diaryl/α,β-unsaturated/α-hetero) is 1. The SMILES string of the molecule is CCS(=O)(=O)N1CCN(C2(CCC(=O)c3c(Cl)cccc3Cl)CCCCCC2)CC1. The van der Waals surface area contributed by atoms with Crippen LogP contribution in [0.1, 0.15) is 68.6 Å². The fourth-order valence-corrected chi connectivity index (χ4v) is 6.66. The minimum atomic E-state index is -3.15. The van der Waals surface area contributed by atoms with E-state index in [0.717, 1.165) is 45.2 Å². The maximum atomic E-state index is 13.0. The summed E-state index contributed by atoms with van der Waals surface area (Å²) in [4.78, 5) is 15.4. The van der Waals surface area contributed by atoms with Crippen molar-refractivity contribution in [2.45, 2.75) is 63.8 Å². The Morgan fingerprint density at radius 1 is 1.00 bits per heavy atom. The summed E-state index contributed by atoms with van der Waals surface area (Å²) in [5, 5.41) is 0.807. The molecular weight excluding hydrogens is 443 g/mol. The van der Waals surface area contributed by atoms with Gasteiger partial charge in [0, 0.05) is 38.1 Å². The van der Waals surface area contributed by atoms with E-state index in [9.17, 15) is 13.2 Å². The number of benzene rings is 1. The lowest BCUT2D eigenvalue weighted by atomic mass is 9.82. The fourth-order valence-electron chi connectivity index (χ4n) is 4.97. The summed E-state index contributed by atoms with van der Waals surface area (Å²) in [7, 11) is -3.15. The van der Waals surface area contributed by atoms with Crippen LogP contribution in [0.4, 0.5) is 0 Å². The van der Waals surface area contributed by atoms with Gasteiger partial charge in [0.15, 0.2) is 5.78 Å². The molecule has 1 saturated carbocycles. The molecule has 168 valence electrons. The number of halogens is 2. The molecule has 0 spiro atoms. The number of nitrogens with zero attached hydrogens (tertiary/aromatic N) is 2. The lowest BCUT2D eigenvalue weighted by Gasteiger charge is -2.48. The molecular formula is C22H32Cl2N2O3S. The topological polar surface area (TPSA) is 57.7 Å². The maximum absolute atomic E-state index is 13.0. The molecule has 5 nitrogen and oxygen atoms in total. The highest BCUT2D eigenvalue weighted by atomic mass is 35.5. The first-order chi connectivity index (χ1) is 14.3. The molecule has 0 N–H and O–H groups in total. The first kappa shape index (κ1) is 24.0. The molecule has 1 aromatic rings. The third-order valence-electron chi connectivity index (χ3n) is 6.76. The molecule has 8 heteroatoms. The predicted molar refractivity (Wildman–Crippen MR) is 123 cm³/mol. The number of rotatable bonds is 7. The lowest BCUT2D eigenvalue weighted by Crippen LogP contribution is -2.58. The van der Waals surface area contributed by atoms with Crippen LogP contribution in [0.15, 0.2) is 18.2 Å². The van der Waals surface area contributed by atoms with E-state index in [1.54, 1.807) is 29.4 Å². The molecule has 2 aliphatic rings. The Balaban J connectivity index is 1.74.